The Labute approximate surface area is 89.7 Å². The van der Waals surface area contributed by atoms with Gasteiger partial charge in [-0.3, -0.25) is 0 Å². The minimum atomic E-state index is 0.436. The minimum Gasteiger partial charge on any atom is -0.314 e. The van der Waals surface area contributed by atoms with E-state index in [0.717, 1.165) is 12.0 Å². The first-order chi connectivity index (χ1) is 6.20. The van der Waals surface area contributed by atoms with Crippen LogP contribution >= 0.6 is 0 Å². The third-order valence-corrected chi connectivity index (χ3v) is 3.29. The molecule has 2 atom stereocenters. The zero-order valence-corrected chi connectivity index (χ0v) is 10.8. The molecule has 0 radical (unpaired) electrons. The lowest BCUT2D eigenvalue weighted by molar-refractivity contribution is 0.0905. The first kappa shape index (κ1) is 12.0. The van der Waals surface area contributed by atoms with E-state index in [9.17, 15) is 0 Å². The molecule has 14 heavy (non-hydrogen) atoms. The normalized spacial score (nSPS) is 25.7. The molecule has 1 aliphatic rings. The summed E-state index contributed by atoms with van der Waals surface area (Å²) in [5.41, 5.74) is 0.889. The quantitative estimate of drug-likeness (QED) is 0.715. The monoisotopic (exact) mass is 197 g/mol. The van der Waals surface area contributed by atoms with Crippen LogP contribution in [0.25, 0.3) is 0 Å². The highest BCUT2D eigenvalue weighted by Gasteiger charge is 2.37. The molecule has 1 saturated heterocycles. The van der Waals surface area contributed by atoms with Gasteiger partial charge in [0.2, 0.25) is 0 Å². The van der Waals surface area contributed by atoms with E-state index in [4.69, 9.17) is 0 Å². The summed E-state index contributed by atoms with van der Waals surface area (Å²) in [5, 5.41) is 3.57. The van der Waals surface area contributed by atoms with Gasteiger partial charge in [-0.2, -0.15) is 0 Å². The van der Waals surface area contributed by atoms with Crippen LogP contribution in [0.4, 0.5) is 0 Å². The van der Waals surface area contributed by atoms with Crippen LogP contribution in [0.2, 0.25) is 0 Å². The van der Waals surface area contributed by atoms with E-state index in [0.29, 0.717) is 10.8 Å². The maximum Gasteiger partial charge on any atom is 0.0113 e. The molecule has 0 spiro atoms. The SMILES string of the molecule is CC(C)(C)CC([C@@H]1CCN1)C(C)(C)C. The average Bonchev–Trinajstić information content (AvgIpc) is 1.76. The van der Waals surface area contributed by atoms with Crippen molar-refractivity contribution < 1.29 is 0 Å². The fraction of sp³-hybridized carbons (Fsp3) is 1.00. The Kier molecular flexibility index (Phi) is 3.30. The molecule has 1 heterocycles. The van der Waals surface area contributed by atoms with Crippen LogP contribution in [0, 0.1) is 16.7 Å². The van der Waals surface area contributed by atoms with Crippen LogP contribution in [0.1, 0.15) is 54.4 Å². The second-order valence-electron chi connectivity index (χ2n) is 7.09. The Balaban J connectivity index is 2.62. The summed E-state index contributed by atoms with van der Waals surface area (Å²) in [6.45, 7) is 15.4. The summed E-state index contributed by atoms with van der Waals surface area (Å²) in [7, 11) is 0. The van der Waals surface area contributed by atoms with Crippen LogP contribution in [-0.2, 0) is 0 Å². The van der Waals surface area contributed by atoms with E-state index < -0.39 is 0 Å². The second kappa shape index (κ2) is 3.84. The summed E-state index contributed by atoms with van der Waals surface area (Å²) in [6.07, 6.45) is 2.70. The lowest BCUT2D eigenvalue weighted by atomic mass is 9.67. The van der Waals surface area contributed by atoms with Crippen molar-refractivity contribution in [3.63, 3.8) is 0 Å². The average molecular weight is 197 g/mol. The molecular weight excluding hydrogens is 170 g/mol. The number of hydrogen-bond acceptors (Lipinski definition) is 1. The van der Waals surface area contributed by atoms with E-state index in [1.807, 2.05) is 0 Å². The van der Waals surface area contributed by atoms with Crippen molar-refractivity contribution >= 4 is 0 Å². The van der Waals surface area contributed by atoms with Gasteiger partial charge in [0.15, 0.2) is 0 Å². The summed E-state index contributed by atoms with van der Waals surface area (Å²) < 4.78 is 0. The van der Waals surface area contributed by atoms with Gasteiger partial charge in [-0.05, 0) is 36.1 Å². The van der Waals surface area contributed by atoms with Crippen molar-refractivity contribution in [2.75, 3.05) is 6.54 Å². The predicted octanol–water partition coefficient (Wildman–Crippen LogP) is 3.45. The zero-order valence-electron chi connectivity index (χ0n) is 10.8. The van der Waals surface area contributed by atoms with Crippen LogP contribution in [0.15, 0.2) is 0 Å². The molecule has 0 aromatic carbocycles. The van der Waals surface area contributed by atoms with E-state index >= 15 is 0 Å². The lowest BCUT2D eigenvalue weighted by Crippen LogP contribution is -2.52. The van der Waals surface area contributed by atoms with Crippen LogP contribution < -0.4 is 5.32 Å². The van der Waals surface area contributed by atoms with Crippen molar-refractivity contribution in [1.29, 1.82) is 0 Å². The molecule has 1 nitrogen and oxygen atoms in total. The lowest BCUT2D eigenvalue weighted by Gasteiger charge is -2.45. The maximum atomic E-state index is 3.57. The van der Waals surface area contributed by atoms with Gasteiger partial charge in [-0.15, -0.1) is 0 Å². The van der Waals surface area contributed by atoms with E-state index in [2.05, 4.69) is 46.9 Å². The molecule has 0 bridgehead atoms. The van der Waals surface area contributed by atoms with Gasteiger partial charge in [0.1, 0.15) is 0 Å². The molecule has 1 fully saturated rings. The van der Waals surface area contributed by atoms with Gasteiger partial charge in [0.05, 0.1) is 0 Å². The highest BCUT2D eigenvalue weighted by atomic mass is 15.0. The van der Waals surface area contributed by atoms with Crippen molar-refractivity contribution in [2.45, 2.75) is 60.4 Å². The second-order valence-corrected chi connectivity index (χ2v) is 7.09. The fourth-order valence-corrected chi connectivity index (χ4v) is 2.37. The van der Waals surface area contributed by atoms with E-state index in [1.165, 1.54) is 19.4 Å². The van der Waals surface area contributed by atoms with Gasteiger partial charge in [-0.1, -0.05) is 41.5 Å². The Morgan fingerprint density at radius 2 is 1.64 bits per heavy atom. The molecule has 0 saturated carbocycles. The molecule has 0 aliphatic carbocycles. The van der Waals surface area contributed by atoms with Crippen LogP contribution in [0.5, 0.6) is 0 Å². The molecular formula is C13H27N. The molecule has 1 heteroatoms. The largest absolute Gasteiger partial charge is 0.314 e. The number of nitrogens with one attached hydrogen (secondary N) is 1. The Morgan fingerprint density at radius 3 is 1.86 bits per heavy atom. The molecule has 1 rings (SSSR count). The molecule has 0 aromatic rings. The Hall–Kier alpha value is -0.0400. The van der Waals surface area contributed by atoms with Gasteiger partial charge in [0, 0.05) is 6.04 Å². The smallest absolute Gasteiger partial charge is 0.0113 e. The van der Waals surface area contributed by atoms with Gasteiger partial charge >= 0.3 is 0 Å². The van der Waals surface area contributed by atoms with Crippen molar-refractivity contribution in [3.05, 3.63) is 0 Å². The highest BCUT2D eigenvalue weighted by Crippen LogP contribution is 2.40. The first-order valence-corrected chi connectivity index (χ1v) is 5.93. The zero-order chi connectivity index (χ0) is 11.0. The molecule has 84 valence electrons. The minimum absolute atomic E-state index is 0.436. The topological polar surface area (TPSA) is 12.0 Å². The fourth-order valence-electron chi connectivity index (χ4n) is 2.37. The molecule has 1 aliphatic heterocycles. The van der Waals surface area contributed by atoms with Gasteiger partial charge in [-0.25, -0.2) is 0 Å². The Morgan fingerprint density at radius 1 is 1.14 bits per heavy atom. The molecule has 0 amide bonds. The van der Waals surface area contributed by atoms with Gasteiger partial charge in [0.25, 0.3) is 0 Å². The highest BCUT2D eigenvalue weighted by molar-refractivity contribution is 4.92. The van der Waals surface area contributed by atoms with Crippen molar-refractivity contribution in [2.24, 2.45) is 16.7 Å². The van der Waals surface area contributed by atoms with Crippen molar-refractivity contribution in [1.82, 2.24) is 5.32 Å². The van der Waals surface area contributed by atoms with Crippen LogP contribution in [0.3, 0.4) is 0 Å². The molecule has 1 unspecified atom stereocenters. The summed E-state index contributed by atoms with van der Waals surface area (Å²) in [5.74, 6) is 0.816. The number of rotatable bonds is 2. The summed E-state index contributed by atoms with van der Waals surface area (Å²) >= 11 is 0. The predicted molar refractivity (Wildman–Crippen MR) is 63.4 cm³/mol. The van der Waals surface area contributed by atoms with E-state index in [-0.39, 0.29) is 0 Å². The summed E-state index contributed by atoms with van der Waals surface area (Å²) in [4.78, 5) is 0. The third kappa shape index (κ3) is 3.27. The standard InChI is InChI=1S/C13H27N/c1-12(2,3)9-10(13(4,5)6)11-7-8-14-11/h10-11,14H,7-9H2,1-6H3/t10?,11-/m0/s1. The van der Waals surface area contributed by atoms with Crippen LogP contribution in [-0.4, -0.2) is 12.6 Å². The molecule has 0 aromatic heterocycles. The third-order valence-electron chi connectivity index (χ3n) is 3.29. The first-order valence-electron chi connectivity index (χ1n) is 5.93. The summed E-state index contributed by atoms with van der Waals surface area (Å²) in [6, 6.07) is 0.772. The van der Waals surface area contributed by atoms with Gasteiger partial charge < -0.3 is 5.32 Å². The van der Waals surface area contributed by atoms with Crippen molar-refractivity contribution in [3.8, 4) is 0 Å². The molecule has 1 N–H and O–H groups in total. The number of hydrogen-bond donors (Lipinski definition) is 1. The Bertz CT molecular complexity index is 178. The maximum absolute atomic E-state index is 3.57. The van der Waals surface area contributed by atoms with E-state index in [1.54, 1.807) is 0 Å².